The molecule has 2 aromatic carbocycles. The minimum atomic E-state index is 0.157. The van der Waals surface area contributed by atoms with Crippen molar-refractivity contribution in [2.45, 2.75) is 0 Å². The Morgan fingerprint density at radius 1 is 1.00 bits per heavy atom. The maximum absolute atomic E-state index is 5.83. The zero-order valence-corrected chi connectivity index (χ0v) is 12.3. The van der Waals surface area contributed by atoms with E-state index in [2.05, 4.69) is 10.7 Å². The molecule has 2 rings (SSSR count). The van der Waals surface area contributed by atoms with Crippen molar-refractivity contribution in [3.05, 3.63) is 59.1 Å². The summed E-state index contributed by atoms with van der Waals surface area (Å²) in [5.74, 6) is 4.00. The van der Waals surface area contributed by atoms with Gasteiger partial charge in [-0.1, -0.05) is 0 Å². The van der Waals surface area contributed by atoms with Gasteiger partial charge in [-0.05, 0) is 0 Å². The molecule has 0 bridgehead atoms. The van der Waals surface area contributed by atoms with Gasteiger partial charge in [0.25, 0.3) is 0 Å². The molecule has 0 aliphatic rings. The third-order valence-corrected chi connectivity index (χ3v) is 4.01. The van der Waals surface area contributed by atoms with Crippen molar-refractivity contribution in [1.82, 2.24) is 0 Å². The van der Waals surface area contributed by atoms with Crippen LogP contribution in [-0.4, -0.2) is 22.1 Å². The van der Waals surface area contributed by atoms with Crippen LogP contribution < -0.4 is 9.20 Å². The van der Waals surface area contributed by atoms with E-state index in [4.69, 9.17) is 16.3 Å². The Kier molecular flexibility index (Phi) is 4.73. The predicted octanol–water partition coefficient (Wildman–Crippen LogP) is 2.69. The second kappa shape index (κ2) is 6.52. The van der Waals surface area contributed by atoms with Gasteiger partial charge in [-0.3, -0.25) is 0 Å². The first kappa shape index (κ1) is 13.1. The normalized spacial score (nSPS) is 9.44. The van der Waals surface area contributed by atoms with Gasteiger partial charge in [0.1, 0.15) is 0 Å². The van der Waals surface area contributed by atoms with Gasteiger partial charge < -0.3 is 0 Å². The zero-order valence-electron chi connectivity index (χ0n) is 9.81. The molecule has 0 aromatic heterocycles. The van der Waals surface area contributed by atoms with Crippen molar-refractivity contribution in [1.29, 1.82) is 0 Å². The molecule has 0 aliphatic carbocycles. The topological polar surface area (TPSA) is 9.23 Å². The number of ether oxygens (including phenoxy) is 1. The molecule has 1 nitrogen and oxygen atoms in total. The average Bonchev–Trinajstić information content (AvgIpc) is 2.42. The molecular weight excluding hydrogens is 311 g/mol. The van der Waals surface area contributed by atoms with Gasteiger partial charge in [0.2, 0.25) is 0 Å². The molecule has 0 amide bonds. The van der Waals surface area contributed by atoms with Gasteiger partial charge >= 0.3 is 118 Å². The summed E-state index contributed by atoms with van der Waals surface area (Å²) in [6.45, 7) is 0. The van der Waals surface area contributed by atoms with Gasteiger partial charge in [0.15, 0.2) is 0 Å². The Morgan fingerprint density at radius 2 is 1.67 bits per heavy atom. The van der Waals surface area contributed by atoms with Crippen molar-refractivity contribution in [2.24, 2.45) is 0 Å². The van der Waals surface area contributed by atoms with Crippen LogP contribution in [0.25, 0.3) is 0 Å². The fraction of sp³-hybridized carbons (Fsp3) is 0.0667. The first-order chi connectivity index (χ1) is 8.78. The summed E-state index contributed by atoms with van der Waals surface area (Å²) in [7, 11) is 1.66. The first-order valence-corrected chi connectivity index (χ1v) is 7.44. The molecule has 0 N–H and O–H groups in total. The van der Waals surface area contributed by atoms with E-state index in [1.54, 1.807) is 7.11 Å². The van der Waals surface area contributed by atoms with E-state index in [-0.39, 0.29) is 15.0 Å². The summed E-state index contributed by atoms with van der Waals surface area (Å²) < 4.78 is 6.33. The molecule has 0 unspecified atom stereocenters. The molecule has 2 aromatic rings. The van der Waals surface area contributed by atoms with E-state index in [1.165, 1.54) is 4.46 Å². The Labute approximate surface area is 118 Å². The van der Waals surface area contributed by atoms with Crippen LogP contribution in [-0.2, 0) is 0 Å². The molecule has 0 heterocycles. The van der Waals surface area contributed by atoms with Crippen molar-refractivity contribution < 1.29 is 4.74 Å². The van der Waals surface area contributed by atoms with Crippen LogP contribution in [0.4, 0.5) is 0 Å². The molecule has 0 saturated carbocycles. The molecule has 0 radical (unpaired) electrons. The first-order valence-electron chi connectivity index (χ1n) is 5.35. The number of halogens is 1. The Balaban J connectivity index is 2.01. The Hall–Kier alpha value is -1.39. The number of hydrogen-bond donors (Lipinski definition) is 0. The van der Waals surface area contributed by atoms with Crippen molar-refractivity contribution >= 4 is 31.0 Å². The van der Waals surface area contributed by atoms with E-state index < -0.39 is 0 Å². The van der Waals surface area contributed by atoms with Crippen LogP contribution in [0, 0.1) is 10.7 Å². The van der Waals surface area contributed by atoms with Crippen LogP contribution >= 0.6 is 11.6 Å². The molecule has 0 atom stereocenters. The van der Waals surface area contributed by atoms with Crippen LogP contribution in [0.15, 0.2) is 48.5 Å². The van der Waals surface area contributed by atoms with E-state index >= 15 is 0 Å². The van der Waals surface area contributed by atoms with Gasteiger partial charge in [-0.2, -0.15) is 0 Å². The standard InChI is InChI=1S/C15H11ClOSe/c1-17-14-6-2-12(3-7-14)10-11-18-15-8-4-13(16)5-9-15/h2-9H,1H3. The fourth-order valence-electron chi connectivity index (χ4n) is 1.32. The number of hydrogen-bond acceptors (Lipinski definition) is 1. The summed E-state index contributed by atoms with van der Waals surface area (Å²) in [5.41, 5.74) is 1.01. The molecule has 0 saturated heterocycles. The Morgan fingerprint density at radius 3 is 2.28 bits per heavy atom. The predicted molar refractivity (Wildman–Crippen MR) is 76.7 cm³/mol. The SMILES string of the molecule is COc1ccc(C#C[Se]c2ccc(Cl)cc2)cc1. The van der Waals surface area contributed by atoms with Crippen molar-refractivity contribution in [2.75, 3.05) is 7.11 Å². The molecule has 0 fully saturated rings. The fourth-order valence-corrected chi connectivity index (χ4v) is 2.62. The summed E-state index contributed by atoms with van der Waals surface area (Å²) in [6, 6.07) is 15.6. The second-order valence-electron chi connectivity index (χ2n) is 3.51. The van der Waals surface area contributed by atoms with E-state index in [0.717, 1.165) is 16.3 Å². The molecule has 90 valence electrons. The summed E-state index contributed by atoms with van der Waals surface area (Å²) in [5, 5.41) is 0.762. The van der Waals surface area contributed by atoms with Crippen LogP contribution in [0.2, 0.25) is 5.02 Å². The number of rotatable bonds is 2. The third-order valence-electron chi connectivity index (χ3n) is 2.27. The maximum atomic E-state index is 5.83. The van der Waals surface area contributed by atoms with Crippen LogP contribution in [0.1, 0.15) is 5.56 Å². The molecule has 0 aliphatic heterocycles. The van der Waals surface area contributed by atoms with Crippen molar-refractivity contribution in [3.8, 4) is 16.5 Å². The Bertz CT molecular complexity index is 564. The van der Waals surface area contributed by atoms with Gasteiger partial charge in [0, 0.05) is 0 Å². The molecule has 18 heavy (non-hydrogen) atoms. The minimum absolute atomic E-state index is 0.157. The number of methoxy groups -OCH3 is 1. The van der Waals surface area contributed by atoms with Crippen LogP contribution in [0.3, 0.4) is 0 Å². The summed E-state index contributed by atoms with van der Waals surface area (Å²) >= 11 is 5.99. The van der Waals surface area contributed by atoms with Crippen molar-refractivity contribution in [3.63, 3.8) is 0 Å². The van der Waals surface area contributed by atoms with E-state index in [0.29, 0.717) is 0 Å². The summed E-state index contributed by atoms with van der Waals surface area (Å²) in [4.78, 5) is 3.20. The monoisotopic (exact) mass is 322 g/mol. The number of benzene rings is 2. The molecule has 0 spiro atoms. The zero-order chi connectivity index (χ0) is 12.8. The molecule has 3 heteroatoms. The van der Waals surface area contributed by atoms with Crippen LogP contribution in [0.5, 0.6) is 5.75 Å². The third kappa shape index (κ3) is 3.82. The van der Waals surface area contributed by atoms with E-state index in [9.17, 15) is 0 Å². The van der Waals surface area contributed by atoms with E-state index in [1.807, 2.05) is 48.5 Å². The average molecular weight is 322 g/mol. The van der Waals surface area contributed by atoms with Gasteiger partial charge in [-0.15, -0.1) is 0 Å². The van der Waals surface area contributed by atoms with Gasteiger partial charge in [-0.25, -0.2) is 0 Å². The second-order valence-corrected chi connectivity index (χ2v) is 5.79. The molecular formula is C15H11ClOSe. The summed E-state index contributed by atoms with van der Waals surface area (Å²) in [6.07, 6.45) is 0. The quantitative estimate of drug-likeness (QED) is 0.610. The van der Waals surface area contributed by atoms with Gasteiger partial charge in [0.05, 0.1) is 0 Å².